The molecule has 0 bridgehead atoms. The summed E-state index contributed by atoms with van der Waals surface area (Å²) in [7, 11) is -8.79. The number of hydrogen-bond acceptors (Lipinski definition) is 9. The van der Waals surface area contributed by atoms with E-state index in [0.717, 1.165) is 0 Å². The molecule has 0 radical (unpaired) electrons. The van der Waals surface area contributed by atoms with Gasteiger partial charge in [0, 0.05) is 12.4 Å². The number of rotatable bonds is 7. The third-order valence-corrected chi connectivity index (χ3v) is 6.75. The highest BCUT2D eigenvalue weighted by atomic mass is 31.2. The van der Waals surface area contributed by atoms with Crippen LogP contribution in [-0.4, -0.2) is 76.5 Å². The van der Waals surface area contributed by atoms with E-state index in [1.807, 2.05) is 0 Å². The average Bonchev–Trinajstić information content (AvgIpc) is 3.15. The number of aliphatic hydroxyl groups is 2. The fourth-order valence-corrected chi connectivity index (χ4v) is 5.35. The summed E-state index contributed by atoms with van der Waals surface area (Å²) in [5.41, 5.74) is 6.23. The van der Waals surface area contributed by atoms with E-state index >= 15 is 0 Å². The van der Waals surface area contributed by atoms with Crippen molar-refractivity contribution >= 4 is 26.5 Å². The van der Waals surface area contributed by atoms with Crippen LogP contribution in [0.25, 0.3) is 5.52 Å². The quantitative estimate of drug-likeness (QED) is 0.283. The molecular formula is C13H20N4O9P2. The fraction of sp³-hybridized carbons (Fsp3) is 0.538. The van der Waals surface area contributed by atoms with Gasteiger partial charge < -0.3 is 39.9 Å². The molecule has 0 amide bonds. The van der Waals surface area contributed by atoms with Crippen LogP contribution < -0.4 is 5.73 Å². The topological polar surface area (TPSA) is 210 Å². The predicted octanol–water partition coefficient (Wildman–Crippen LogP) is -1.15. The van der Waals surface area contributed by atoms with Gasteiger partial charge in [-0.3, -0.25) is 13.5 Å². The van der Waals surface area contributed by atoms with Crippen molar-refractivity contribution in [2.75, 3.05) is 24.7 Å². The van der Waals surface area contributed by atoms with Gasteiger partial charge in [-0.15, -0.1) is 0 Å². The first-order chi connectivity index (χ1) is 13.0. The molecule has 15 heteroatoms. The molecule has 7 N–H and O–H groups in total. The van der Waals surface area contributed by atoms with Gasteiger partial charge in [-0.05, 0) is 0 Å². The first-order valence-electron chi connectivity index (χ1n) is 8.08. The van der Waals surface area contributed by atoms with Crippen LogP contribution in [0.2, 0.25) is 0 Å². The summed E-state index contributed by atoms with van der Waals surface area (Å²) in [6.07, 6.45) is -2.27. The number of nitrogens with two attached hydrogens (primary N) is 1. The SMILES string of the molecule is Nc1nccn2c([C@@H]3O[C@H](COP(=O)(O)CCP(=O)(O)O)[C@@H](O)[C@H]3O)ncc12. The van der Waals surface area contributed by atoms with Crippen molar-refractivity contribution in [3.8, 4) is 0 Å². The van der Waals surface area contributed by atoms with E-state index in [0.29, 0.717) is 5.52 Å². The van der Waals surface area contributed by atoms with E-state index in [9.17, 15) is 24.2 Å². The van der Waals surface area contributed by atoms with Crippen molar-refractivity contribution in [2.24, 2.45) is 0 Å². The fourth-order valence-electron chi connectivity index (χ4n) is 2.79. The molecule has 5 atom stereocenters. The van der Waals surface area contributed by atoms with Crippen molar-refractivity contribution < 1.29 is 43.3 Å². The van der Waals surface area contributed by atoms with Gasteiger partial charge in [0.15, 0.2) is 0 Å². The molecule has 1 unspecified atom stereocenters. The normalized spacial score (nSPS) is 27.9. The lowest BCUT2D eigenvalue weighted by Gasteiger charge is -2.18. The Bertz CT molecular complexity index is 947. The van der Waals surface area contributed by atoms with Crippen LogP contribution in [0.4, 0.5) is 5.82 Å². The minimum Gasteiger partial charge on any atom is -0.387 e. The second-order valence-electron chi connectivity index (χ2n) is 6.31. The predicted molar refractivity (Wildman–Crippen MR) is 94.6 cm³/mol. The second-order valence-corrected chi connectivity index (χ2v) is 10.1. The molecule has 3 rings (SSSR count). The highest BCUT2D eigenvalue weighted by Gasteiger charge is 2.46. The molecule has 0 aromatic carbocycles. The van der Waals surface area contributed by atoms with E-state index in [4.69, 9.17) is 24.8 Å². The number of fused-ring (bicyclic) bond motifs is 1. The minimum atomic E-state index is -4.46. The molecule has 2 aromatic heterocycles. The van der Waals surface area contributed by atoms with Crippen molar-refractivity contribution in [1.82, 2.24) is 14.4 Å². The highest BCUT2D eigenvalue weighted by Crippen LogP contribution is 2.47. The number of ether oxygens (including phenoxy) is 1. The first kappa shape index (κ1) is 21.3. The maximum atomic E-state index is 11.9. The third-order valence-electron chi connectivity index (χ3n) is 4.25. The Morgan fingerprint density at radius 2 is 1.89 bits per heavy atom. The number of nitrogen functional groups attached to an aromatic ring is 1. The molecule has 2 aromatic rings. The Balaban J connectivity index is 1.69. The number of aromatic nitrogens is 3. The zero-order chi connectivity index (χ0) is 20.7. The molecule has 0 spiro atoms. The molecule has 28 heavy (non-hydrogen) atoms. The van der Waals surface area contributed by atoms with Gasteiger partial charge in [-0.25, -0.2) is 9.97 Å². The number of imidazole rings is 1. The molecule has 1 saturated heterocycles. The minimum absolute atomic E-state index is 0.209. The first-order valence-corrected chi connectivity index (χ1v) is 11.6. The molecule has 1 aliphatic heterocycles. The van der Waals surface area contributed by atoms with Crippen LogP contribution in [0.5, 0.6) is 0 Å². The van der Waals surface area contributed by atoms with E-state index in [2.05, 4.69) is 9.97 Å². The molecule has 1 aliphatic rings. The third kappa shape index (κ3) is 4.60. The zero-order valence-corrected chi connectivity index (χ0v) is 16.1. The monoisotopic (exact) mass is 438 g/mol. The van der Waals surface area contributed by atoms with E-state index < -0.39 is 58.5 Å². The Morgan fingerprint density at radius 3 is 2.57 bits per heavy atom. The molecule has 0 saturated carbocycles. The zero-order valence-electron chi connectivity index (χ0n) is 14.3. The number of aliphatic hydroxyl groups excluding tert-OH is 2. The van der Waals surface area contributed by atoms with Crippen LogP contribution in [-0.2, 0) is 18.4 Å². The van der Waals surface area contributed by atoms with Gasteiger partial charge in [-0.2, -0.15) is 0 Å². The number of hydrogen-bond donors (Lipinski definition) is 6. The Hall–Kier alpha value is -1.40. The van der Waals surface area contributed by atoms with E-state index in [1.165, 1.54) is 16.8 Å². The lowest BCUT2D eigenvalue weighted by molar-refractivity contribution is -0.0215. The summed E-state index contributed by atoms with van der Waals surface area (Å²) in [5, 5.41) is 20.5. The van der Waals surface area contributed by atoms with Crippen LogP contribution in [0.15, 0.2) is 18.6 Å². The van der Waals surface area contributed by atoms with Gasteiger partial charge >= 0.3 is 15.2 Å². The summed E-state index contributed by atoms with van der Waals surface area (Å²) >= 11 is 0. The largest absolute Gasteiger partial charge is 0.387 e. The summed E-state index contributed by atoms with van der Waals surface area (Å²) in [4.78, 5) is 35.3. The van der Waals surface area contributed by atoms with E-state index in [-0.39, 0.29) is 11.6 Å². The van der Waals surface area contributed by atoms with Gasteiger partial charge in [0.1, 0.15) is 41.6 Å². The second kappa shape index (κ2) is 7.79. The Morgan fingerprint density at radius 1 is 1.18 bits per heavy atom. The van der Waals surface area contributed by atoms with Crippen molar-refractivity contribution in [2.45, 2.75) is 24.4 Å². The molecule has 13 nitrogen and oxygen atoms in total. The number of nitrogens with zero attached hydrogens (tertiary/aromatic N) is 3. The molecule has 0 aliphatic carbocycles. The van der Waals surface area contributed by atoms with Crippen molar-refractivity contribution in [3.05, 3.63) is 24.4 Å². The lowest BCUT2D eigenvalue weighted by Crippen LogP contribution is -2.33. The van der Waals surface area contributed by atoms with Gasteiger partial charge in [0.05, 0.1) is 25.1 Å². The summed E-state index contributed by atoms with van der Waals surface area (Å²) in [6, 6.07) is 0. The summed E-state index contributed by atoms with van der Waals surface area (Å²) in [5.74, 6) is 0.451. The maximum Gasteiger partial charge on any atom is 0.328 e. The summed E-state index contributed by atoms with van der Waals surface area (Å²) < 4.78 is 34.6. The smallest absolute Gasteiger partial charge is 0.328 e. The Kier molecular flexibility index (Phi) is 5.93. The average molecular weight is 438 g/mol. The summed E-state index contributed by atoms with van der Waals surface area (Å²) in [6.45, 7) is -0.573. The van der Waals surface area contributed by atoms with Crippen LogP contribution in [0.3, 0.4) is 0 Å². The van der Waals surface area contributed by atoms with Crippen molar-refractivity contribution in [1.29, 1.82) is 0 Å². The molecular weight excluding hydrogens is 418 g/mol. The standard InChI is InChI=1S/C13H20N4O9P2/c14-12-7-5-16-13(17(7)2-1-15-12)11-10(19)9(18)8(26-11)6-25-28(23,24)4-3-27(20,21)22/h1-2,5,8-11,18-19H,3-4,6H2,(H2,14,15)(H,23,24)(H2,20,21,22)/t8-,9-,10-,11-/m1/s1. The number of anilines is 1. The highest BCUT2D eigenvalue weighted by molar-refractivity contribution is 7.56. The van der Waals surface area contributed by atoms with Gasteiger partial charge in [-0.1, -0.05) is 0 Å². The van der Waals surface area contributed by atoms with Gasteiger partial charge in [0.2, 0.25) is 0 Å². The molecule has 3 heterocycles. The van der Waals surface area contributed by atoms with Gasteiger partial charge in [0.25, 0.3) is 0 Å². The molecule has 156 valence electrons. The van der Waals surface area contributed by atoms with E-state index in [1.54, 1.807) is 6.20 Å². The van der Waals surface area contributed by atoms with Crippen molar-refractivity contribution in [3.63, 3.8) is 0 Å². The Labute approximate surface area is 158 Å². The van der Waals surface area contributed by atoms with Crippen LogP contribution >= 0.6 is 15.2 Å². The molecule has 1 fully saturated rings. The maximum absolute atomic E-state index is 11.9. The lowest BCUT2D eigenvalue weighted by atomic mass is 10.1. The van der Waals surface area contributed by atoms with Crippen LogP contribution in [0, 0.1) is 0 Å². The van der Waals surface area contributed by atoms with Crippen LogP contribution in [0.1, 0.15) is 11.9 Å².